The summed E-state index contributed by atoms with van der Waals surface area (Å²) in [5, 5.41) is 3.74. The lowest BCUT2D eigenvalue weighted by atomic mass is 9.77. The summed E-state index contributed by atoms with van der Waals surface area (Å²) in [6.45, 7) is 6.93. The summed E-state index contributed by atoms with van der Waals surface area (Å²) in [5.74, 6) is 1.64. The molecule has 2 aliphatic rings. The number of hydrogen-bond acceptors (Lipinski definition) is 2. The summed E-state index contributed by atoms with van der Waals surface area (Å²) >= 11 is 0. The van der Waals surface area contributed by atoms with Crippen LogP contribution < -0.4 is 5.32 Å². The zero-order valence-corrected chi connectivity index (χ0v) is 13.1. The maximum absolute atomic E-state index is 3.74. The molecule has 0 saturated heterocycles. The molecule has 1 fully saturated rings. The molecule has 0 aromatic heterocycles. The van der Waals surface area contributed by atoms with Crippen molar-refractivity contribution in [1.29, 1.82) is 0 Å². The maximum atomic E-state index is 3.74. The Balaban J connectivity index is 1.86. The Kier molecular flexibility index (Phi) is 4.13. The summed E-state index contributed by atoms with van der Waals surface area (Å²) in [6, 6.07) is 10.2. The normalized spacial score (nSPS) is 29.5. The third kappa shape index (κ3) is 2.77. The summed E-state index contributed by atoms with van der Waals surface area (Å²) in [7, 11) is 2.33. The first-order chi connectivity index (χ1) is 9.70. The van der Waals surface area contributed by atoms with Gasteiger partial charge < -0.3 is 10.2 Å². The molecule has 3 unspecified atom stereocenters. The van der Waals surface area contributed by atoms with Gasteiger partial charge in [-0.05, 0) is 55.8 Å². The Hall–Kier alpha value is -0.860. The first-order valence-corrected chi connectivity index (χ1v) is 8.23. The second-order valence-corrected chi connectivity index (χ2v) is 6.75. The number of fused-ring (bicyclic) bond motifs is 1. The molecule has 0 bridgehead atoms. The first-order valence-electron chi connectivity index (χ1n) is 8.23. The zero-order chi connectivity index (χ0) is 14.1. The van der Waals surface area contributed by atoms with Crippen molar-refractivity contribution in [2.45, 2.75) is 51.1 Å². The van der Waals surface area contributed by atoms with Gasteiger partial charge >= 0.3 is 0 Å². The van der Waals surface area contributed by atoms with Crippen LogP contribution in [0, 0.1) is 5.92 Å². The molecule has 1 saturated carbocycles. The summed E-state index contributed by atoms with van der Waals surface area (Å²) in [5.41, 5.74) is 3.08. The van der Waals surface area contributed by atoms with Crippen LogP contribution in [0.4, 0.5) is 0 Å². The fourth-order valence-electron chi connectivity index (χ4n) is 3.82. The van der Waals surface area contributed by atoms with Crippen molar-refractivity contribution in [2.75, 3.05) is 20.1 Å². The van der Waals surface area contributed by atoms with Gasteiger partial charge in [-0.2, -0.15) is 0 Å². The molecule has 2 nitrogen and oxygen atoms in total. The number of rotatable bonds is 5. The molecule has 0 aliphatic heterocycles. The van der Waals surface area contributed by atoms with Gasteiger partial charge in [-0.1, -0.05) is 38.1 Å². The number of benzene rings is 1. The van der Waals surface area contributed by atoms with Crippen molar-refractivity contribution in [3.05, 3.63) is 35.4 Å². The monoisotopic (exact) mass is 272 g/mol. The van der Waals surface area contributed by atoms with Gasteiger partial charge in [-0.15, -0.1) is 0 Å². The van der Waals surface area contributed by atoms with E-state index in [1.165, 1.54) is 31.4 Å². The topological polar surface area (TPSA) is 15.3 Å². The van der Waals surface area contributed by atoms with E-state index in [0.717, 1.165) is 12.5 Å². The average Bonchev–Trinajstić information content (AvgIpc) is 3.26. The predicted molar refractivity (Wildman–Crippen MR) is 85.0 cm³/mol. The molecule has 3 rings (SSSR count). The third-order valence-electron chi connectivity index (χ3n) is 5.08. The second kappa shape index (κ2) is 5.87. The molecule has 1 aromatic rings. The van der Waals surface area contributed by atoms with E-state index in [-0.39, 0.29) is 0 Å². The minimum atomic E-state index is 0.496. The molecule has 110 valence electrons. The first kappa shape index (κ1) is 14.1. The van der Waals surface area contributed by atoms with E-state index in [4.69, 9.17) is 0 Å². The molecule has 1 N–H and O–H groups in total. The van der Waals surface area contributed by atoms with Crippen molar-refractivity contribution in [3.8, 4) is 0 Å². The lowest BCUT2D eigenvalue weighted by Gasteiger charge is -2.42. The van der Waals surface area contributed by atoms with E-state index in [9.17, 15) is 0 Å². The van der Waals surface area contributed by atoms with Gasteiger partial charge in [-0.25, -0.2) is 0 Å². The van der Waals surface area contributed by atoms with E-state index >= 15 is 0 Å². The lowest BCUT2D eigenvalue weighted by molar-refractivity contribution is 0.159. The fourth-order valence-corrected chi connectivity index (χ4v) is 3.82. The highest BCUT2D eigenvalue weighted by Crippen LogP contribution is 2.40. The summed E-state index contributed by atoms with van der Waals surface area (Å²) in [4.78, 5) is 2.62. The van der Waals surface area contributed by atoms with Crippen LogP contribution in [0.2, 0.25) is 0 Å². The Morgan fingerprint density at radius 1 is 1.20 bits per heavy atom. The quantitative estimate of drug-likeness (QED) is 0.882. The average molecular weight is 272 g/mol. The van der Waals surface area contributed by atoms with E-state index in [1.807, 2.05) is 0 Å². The van der Waals surface area contributed by atoms with E-state index in [2.05, 4.69) is 55.4 Å². The van der Waals surface area contributed by atoms with Gasteiger partial charge in [0.05, 0.1) is 0 Å². The molecule has 20 heavy (non-hydrogen) atoms. The Bertz CT molecular complexity index is 452. The van der Waals surface area contributed by atoms with Crippen LogP contribution in [0.15, 0.2) is 24.3 Å². The van der Waals surface area contributed by atoms with Gasteiger partial charge in [0.25, 0.3) is 0 Å². The molecular formula is C18H28N2. The van der Waals surface area contributed by atoms with Crippen LogP contribution in [-0.4, -0.2) is 31.1 Å². The molecule has 3 atom stereocenters. The molecule has 1 aromatic carbocycles. The van der Waals surface area contributed by atoms with Crippen molar-refractivity contribution in [1.82, 2.24) is 10.2 Å². The maximum Gasteiger partial charge on any atom is 0.0481 e. The van der Waals surface area contributed by atoms with E-state index < -0.39 is 0 Å². The van der Waals surface area contributed by atoms with Gasteiger partial charge in [0.15, 0.2) is 0 Å². The van der Waals surface area contributed by atoms with Crippen molar-refractivity contribution in [3.63, 3.8) is 0 Å². The minimum absolute atomic E-state index is 0.496. The number of nitrogens with zero attached hydrogens (tertiary/aromatic N) is 1. The summed E-state index contributed by atoms with van der Waals surface area (Å²) in [6.07, 6.45) is 4.15. The number of hydrogen-bond donors (Lipinski definition) is 1. The highest BCUT2D eigenvalue weighted by Gasteiger charge is 2.36. The molecule has 0 amide bonds. The molecule has 2 heteroatoms. The van der Waals surface area contributed by atoms with Gasteiger partial charge in [-0.3, -0.25) is 0 Å². The van der Waals surface area contributed by atoms with Gasteiger partial charge in [0.1, 0.15) is 0 Å². The molecule has 0 heterocycles. The van der Waals surface area contributed by atoms with Gasteiger partial charge in [0, 0.05) is 18.6 Å². The van der Waals surface area contributed by atoms with Gasteiger partial charge in [0.2, 0.25) is 0 Å². The minimum Gasteiger partial charge on any atom is -0.309 e. The van der Waals surface area contributed by atoms with Crippen LogP contribution in [0.25, 0.3) is 0 Å². The van der Waals surface area contributed by atoms with Crippen LogP contribution in [-0.2, 0) is 0 Å². The van der Waals surface area contributed by atoms with Crippen molar-refractivity contribution >= 4 is 0 Å². The lowest BCUT2D eigenvalue weighted by Crippen LogP contribution is -2.46. The zero-order valence-electron chi connectivity index (χ0n) is 13.1. The Morgan fingerprint density at radius 2 is 1.90 bits per heavy atom. The summed E-state index contributed by atoms with van der Waals surface area (Å²) < 4.78 is 0. The molecular weight excluding hydrogens is 244 g/mol. The predicted octanol–water partition coefficient (Wildman–Crippen LogP) is 3.55. The Morgan fingerprint density at radius 3 is 2.55 bits per heavy atom. The largest absolute Gasteiger partial charge is 0.309 e. The third-order valence-corrected chi connectivity index (χ3v) is 5.08. The van der Waals surface area contributed by atoms with Crippen molar-refractivity contribution in [2.24, 2.45) is 5.92 Å². The SMILES string of the molecule is CCNC1c2ccccc2C(C)CC1N(C)CC1CC1. The highest BCUT2D eigenvalue weighted by molar-refractivity contribution is 5.36. The van der Waals surface area contributed by atoms with Crippen LogP contribution >= 0.6 is 0 Å². The second-order valence-electron chi connectivity index (χ2n) is 6.75. The van der Waals surface area contributed by atoms with E-state index in [0.29, 0.717) is 18.0 Å². The van der Waals surface area contributed by atoms with Crippen LogP contribution in [0.3, 0.4) is 0 Å². The smallest absolute Gasteiger partial charge is 0.0481 e. The molecule has 2 aliphatic carbocycles. The highest BCUT2D eigenvalue weighted by atomic mass is 15.2. The fraction of sp³-hybridized carbons (Fsp3) is 0.667. The number of likely N-dealkylation sites (N-methyl/N-ethyl adjacent to an activating group) is 2. The number of nitrogens with one attached hydrogen (secondary N) is 1. The van der Waals surface area contributed by atoms with Crippen LogP contribution in [0.5, 0.6) is 0 Å². The molecule has 0 radical (unpaired) electrons. The molecule has 0 spiro atoms. The standard InChI is InChI=1S/C18H28N2/c1-4-19-18-16-8-6-5-7-15(16)13(2)11-17(18)20(3)12-14-9-10-14/h5-8,13-14,17-19H,4,9-12H2,1-3H3. The Labute approximate surface area is 123 Å². The van der Waals surface area contributed by atoms with Crippen molar-refractivity contribution < 1.29 is 0 Å². The van der Waals surface area contributed by atoms with Crippen LogP contribution in [0.1, 0.15) is 56.2 Å². The van der Waals surface area contributed by atoms with E-state index in [1.54, 1.807) is 5.56 Å².